The van der Waals surface area contributed by atoms with Crippen LogP contribution in [0.2, 0.25) is 0 Å². The van der Waals surface area contributed by atoms with Crippen LogP contribution in [-0.2, 0) is 9.59 Å². The number of carboxylic acid groups (broad SMARTS) is 1. The molecule has 0 aromatic rings. The highest BCUT2D eigenvalue weighted by Gasteiger charge is 2.40. The molecule has 1 fully saturated rings. The van der Waals surface area contributed by atoms with Crippen molar-refractivity contribution >= 4 is 17.9 Å². The zero-order valence-electron chi connectivity index (χ0n) is 10.0. The van der Waals surface area contributed by atoms with Crippen molar-refractivity contribution in [2.24, 2.45) is 11.1 Å². The molecule has 3 amide bonds. The summed E-state index contributed by atoms with van der Waals surface area (Å²) in [6, 6.07) is -0.514. The summed E-state index contributed by atoms with van der Waals surface area (Å²) in [5.41, 5.74) is 4.49. The van der Waals surface area contributed by atoms with Gasteiger partial charge in [0.1, 0.15) is 0 Å². The topological polar surface area (TPSA) is 133 Å². The Morgan fingerprint density at radius 2 is 2.11 bits per heavy atom. The number of primary amides is 1. The predicted octanol–water partition coefficient (Wildman–Crippen LogP) is -1.66. The Hall–Kier alpha value is -1.83. The number of likely N-dealkylation sites (tertiary alicyclic amines) is 1. The lowest BCUT2D eigenvalue weighted by molar-refractivity contribution is -0.146. The molecule has 2 unspecified atom stereocenters. The summed E-state index contributed by atoms with van der Waals surface area (Å²) < 4.78 is 0. The molecule has 8 heteroatoms. The first-order valence-electron chi connectivity index (χ1n) is 5.50. The van der Waals surface area contributed by atoms with E-state index < -0.39 is 29.4 Å². The molecule has 102 valence electrons. The van der Waals surface area contributed by atoms with E-state index in [2.05, 4.69) is 5.32 Å². The standard InChI is InChI=1S/C10H17N3O5/c1-10(8(11)17)2-3-13(5-10)9(18)12-4-6(14)7(15)16/h6,14H,2-5H2,1H3,(H2,11,17)(H,12,18)(H,15,16). The van der Waals surface area contributed by atoms with Gasteiger partial charge in [-0.25, -0.2) is 9.59 Å². The monoisotopic (exact) mass is 259 g/mol. The summed E-state index contributed by atoms with van der Waals surface area (Å²) in [4.78, 5) is 34.6. The molecule has 18 heavy (non-hydrogen) atoms. The lowest BCUT2D eigenvalue weighted by Gasteiger charge is -2.21. The molecule has 1 aliphatic heterocycles. The summed E-state index contributed by atoms with van der Waals surface area (Å²) in [7, 11) is 0. The number of hydrogen-bond acceptors (Lipinski definition) is 4. The highest BCUT2D eigenvalue weighted by molar-refractivity contribution is 5.83. The van der Waals surface area contributed by atoms with Gasteiger partial charge in [-0.15, -0.1) is 0 Å². The van der Waals surface area contributed by atoms with E-state index in [1.54, 1.807) is 6.92 Å². The minimum Gasteiger partial charge on any atom is -0.479 e. The third kappa shape index (κ3) is 3.10. The average Bonchev–Trinajstić information content (AvgIpc) is 2.69. The Kier molecular flexibility index (Phi) is 4.12. The number of urea groups is 1. The zero-order valence-corrected chi connectivity index (χ0v) is 10.0. The molecule has 1 saturated heterocycles. The number of aliphatic hydroxyl groups is 1. The number of rotatable bonds is 4. The first-order chi connectivity index (χ1) is 8.26. The molecule has 0 aliphatic carbocycles. The van der Waals surface area contributed by atoms with Gasteiger partial charge in [-0.2, -0.15) is 0 Å². The van der Waals surface area contributed by atoms with Crippen molar-refractivity contribution in [1.29, 1.82) is 0 Å². The van der Waals surface area contributed by atoms with E-state index in [1.807, 2.05) is 0 Å². The summed E-state index contributed by atoms with van der Waals surface area (Å²) in [5, 5.41) is 19.7. The van der Waals surface area contributed by atoms with Crippen molar-refractivity contribution in [3.05, 3.63) is 0 Å². The maximum Gasteiger partial charge on any atom is 0.334 e. The molecular formula is C10H17N3O5. The Morgan fingerprint density at radius 1 is 1.50 bits per heavy atom. The van der Waals surface area contributed by atoms with Crippen molar-refractivity contribution < 1.29 is 24.6 Å². The van der Waals surface area contributed by atoms with Gasteiger partial charge in [0.25, 0.3) is 0 Å². The Balaban J connectivity index is 2.46. The first-order valence-corrected chi connectivity index (χ1v) is 5.50. The van der Waals surface area contributed by atoms with Crippen molar-refractivity contribution in [1.82, 2.24) is 10.2 Å². The maximum absolute atomic E-state index is 11.6. The van der Waals surface area contributed by atoms with Crippen LogP contribution in [0.3, 0.4) is 0 Å². The zero-order chi connectivity index (χ0) is 13.9. The highest BCUT2D eigenvalue weighted by atomic mass is 16.4. The molecule has 0 aromatic carbocycles. The van der Waals surface area contributed by atoms with E-state index in [1.165, 1.54) is 4.90 Å². The number of carbonyl (C=O) groups is 3. The first kappa shape index (κ1) is 14.2. The summed E-state index contributed by atoms with van der Waals surface area (Å²) >= 11 is 0. The number of aliphatic carboxylic acids is 1. The molecule has 2 atom stereocenters. The van der Waals surface area contributed by atoms with Crippen LogP contribution in [0, 0.1) is 5.41 Å². The minimum absolute atomic E-state index is 0.192. The molecule has 0 bridgehead atoms. The molecular weight excluding hydrogens is 242 g/mol. The predicted molar refractivity (Wildman–Crippen MR) is 60.5 cm³/mol. The van der Waals surface area contributed by atoms with E-state index in [0.717, 1.165) is 0 Å². The van der Waals surface area contributed by atoms with Crippen LogP contribution in [0.15, 0.2) is 0 Å². The van der Waals surface area contributed by atoms with Crippen LogP contribution in [0.1, 0.15) is 13.3 Å². The molecule has 1 aliphatic rings. The van der Waals surface area contributed by atoms with Crippen molar-refractivity contribution in [3.8, 4) is 0 Å². The summed E-state index contributed by atoms with van der Waals surface area (Å²) in [5.74, 6) is -1.87. The molecule has 0 saturated carbocycles. The third-order valence-electron chi connectivity index (χ3n) is 3.09. The number of carboxylic acids is 1. The lowest BCUT2D eigenvalue weighted by Crippen LogP contribution is -2.45. The van der Waals surface area contributed by atoms with E-state index in [0.29, 0.717) is 13.0 Å². The van der Waals surface area contributed by atoms with Gasteiger partial charge in [0.15, 0.2) is 6.10 Å². The number of amides is 3. The van der Waals surface area contributed by atoms with Gasteiger partial charge in [-0.05, 0) is 13.3 Å². The van der Waals surface area contributed by atoms with Crippen molar-refractivity contribution in [2.45, 2.75) is 19.4 Å². The van der Waals surface area contributed by atoms with Gasteiger partial charge in [-0.1, -0.05) is 0 Å². The van der Waals surface area contributed by atoms with Crippen LogP contribution in [0.5, 0.6) is 0 Å². The molecule has 1 rings (SSSR count). The van der Waals surface area contributed by atoms with Gasteiger partial charge >= 0.3 is 12.0 Å². The second kappa shape index (κ2) is 5.21. The molecule has 5 N–H and O–H groups in total. The molecule has 0 radical (unpaired) electrons. The Bertz CT molecular complexity index is 373. The van der Waals surface area contributed by atoms with Gasteiger partial charge in [0.05, 0.1) is 12.0 Å². The number of nitrogens with zero attached hydrogens (tertiary/aromatic N) is 1. The fourth-order valence-corrected chi connectivity index (χ4v) is 1.72. The second-order valence-corrected chi connectivity index (χ2v) is 4.64. The van der Waals surface area contributed by atoms with E-state index in [-0.39, 0.29) is 13.1 Å². The smallest absolute Gasteiger partial charge is 0.334 e. The maximum atomic E-state index is 11.6. The van der Waals surface area contributed by atoms with E-state index in [4.69, 9.17) is 15.9 Å². The van der Waals surface area contributed by atoms with Crippen LogP contribution in [-0.4, -0.2) is 58.8 Å². The Morgan fingerprint density at radius 3 is 2.56 bits per heavy atom. The van der Waals surface area contributed by atoms with Crippen LogP contribution in [0.25, 0.3) is 0 Å². The summed E-state index contributed by atoms with van der Waals surface area (Å²) in [6.45, 7) is 1.86. The van der Waals surface area contributed by atoms with Gasteiger partial charge in [0.2, 0.25) is 5.91 Å². The van der Waals surface area contributed by atoms with Crippen molar-refractivity contribution in [3.63, 3.8) is 0 Å². The summed E-state index contributed by atoms with van der Waals surface area (Å²) in [6.07, 6.45) is -1.17. The highest BCUT2D eigenvalue weighted by Crippen LogP contribution is 2.29. The van der Waals surface area contributed by atoms with E-state index in [9.17, 15) is 14.4 Å². The number of aliphatic hydroxyl groups excluding tert-OH is 1. The number of nitrogens with one attached hydrogen (secondary N) is 1. The average molecular weight is 259 g/mol. The SMILES string of the molecule is CC1(C(N)=O)CCN(C(=O)NCC(O)C(=O)O)C1. The van der Waals surface area contributed by atoms with E-state index >= 15 is 0 Å². The van der Waals surface area contributed by atoms with Crippen LogP contribution in [0.4, 0.5) is 4.79 Å². The number of nitrogens with two attached hydrogens (primary N) is 1. The molecule has 1 heterocycles. The second-order valence-electron chi connectivity index (χ2n) is 4.64. The number of carbonyl (C=O) groups excluding carboxylic acids is 2. The molecule has 0 spiro atoms. The molecule has 8 nitrogen and oxygen atoms in total. The van der Waals surface area contributed by atoms with Crippen LogP contribution >= 0.6 is 0 Å². The largest absolute Gasteiger partial charge is 0.479 e. The van der Waals surface area contributed by atoms with Gasteiger partial charge in [-0.3, -0.25) is 4.79 Å². The normalized spacial score (nSPS) is 24.7. The van der Waals surface area contributed by atoms with Crippen LogP contribution < -0.4 is 11.1 Å². The number of hydrogen-bond donors (Lipinski definition) is 4. The fourth-order valence-electron chi connectivity index (χ4n) is 1.72. The molecule has 0 aromatic heterocycles. The van der Waals surface area contributed by atoms with Crippen molar-refractivity contribution in [2.75, 3.05) is 19.6 Å². The minimum atomic E-state index is -1.64. The fraction of sp³-hybridized carbons (Fsp3) is 0.700. The quantitative estimate of drug-likeness (QED) is 0.479. The third-order valence-corrected chi connectivity index (χ3v) is 3.09. The van der Waals surface area contributed by atoms with Gasteiger partial charge in [0, 0.05) is 13.1 Å². The lowest BCUT2D eigenvalue weighted by atomic mass is 9.89. The van der Waals surface area contributed by atoms with Gasteiger partial charge < -0.3 is 26.2 Å². The Labute approximate surface area is 104 Å².